The van der Waals surface area contributed by atoms with Crippen molar-refractivity contribution in [1.29, 1.82) is 0 Å². The molecular formula is C17H22N2O3. The normalized spacial score (nSPS) is 27.0. The second-order valence-electron chi connectivity index (χ2n) is 6.40. The zero-order valence-corrected chi connectivity index (χ0v) is 13.0. The highest BCUT2D eigenvalue weighted by atomic mass is 16.6. The van der Waals surface area contributed by atoms with Gasteiger partial charge >= 0.3 is 6.09 Å². The molecule has 0 bridgehead atoms. The monoisotopic (exact) mass is 302 g/mol. The van der Waals surface area contributed by atoms with Gasteiger partial charge in [-0.15, -0.1) is 0 Å². The molecule has 2 fully saturated rings. The molecule has 1 aromatic rings. The molecule has 3 rings (SSSR count). The fourth-order valence-electron chi connectivity index (χ4n) is 3.56. The maximum Gasteiger partial charge on any atom is 0.410 e. The highest BCUT2D eigenvalue weighted by Gasteiger charge is 2.51. The molecule has 1 N–H and O–H groups in total. The highest BCUT2D eigenvalue weighted by molar-refractivity contribution is 5.84. The first-order valence-electron chi connectivity index (χ1n) is 7.85. The van der Waals surface area contributed by atoms with Crippen LogP contribution in [0.15, 0.2) is 30.3 Å². The van der Waals surface area contributed by atoms with E-state index in [2.05, 4.69) is 5.32 Å². The molecule has 2 aliphatic rings. The lowest BCUT2D eigenvalue weighted by Crippen LogP contribution is -2.44. The first-order chi connectivity index (χ1) is 10.6. The van der Waals surface area contributed by atoms with Gasteiger partial charge in [0.25, 0.3) is 0 Å². The number of carbonyl (C=O) groups is 2. The quantitative estimate of drug-likeness (QED) is 0.931. The summed E-state index contributed by atoms with van der Waals surface area (Å²) in [5.74, 6) is 0.125. The number of nitrogens with one attached hydrogen (secondary N) is 1. The van der Waals surface area contributed by atoms with Crippen LogP contribution in [0.3, 0.4) is 0 Å². The second-order valence-corrected chi connectivity index (χ2v) is 6.40. The molecule has 2 aliphatic heterocycles. The zero-order chi connectivity index (χ0) is 15.7. The minimum Gasteiger partial charge on any atom is -0.445 e. The Morgan fingerprint density at radius 3 is 2.77 bits per heavy atom. The van der Waals surface area contributed by atoms with E-state index in [1.807, 2.05) is 44.2 Å². The number of benzene rings is 1. The number of nitrogens with zero attached hydrogens (tertiary/aromatic N) is 1. The summed E-state index contributed by atoms with van der Waals surface area (Å²) in [4.78, 5) is 26.2. The molecule has 5 nitrogen and oxygen atoms in total. The minimum atomic E-state index is -0.321. The van der Waals surface area contributed by atoms with Gasteiger partial charge in [0.05, 0.1) is 18.0 Å². The van der Waals surface area contributed by atoms with Crippen molar-refractivity contribution in [3.8, 4) is 0 Å². The van der Waals surface area contributed by atoms with E-state index in [4.69, 9.17) is 4.74 Å². The van der Waals surface area contributed by atoms with Gasteiger partial charge in [-0.2, -0.15) is 0 Å². The first-order valence-corrected chi connectivity index (χ1v) is 7.85. The van der Waals surface area contributed by atoms with E-state index < -0.39 is 0 Å². The number of rotatable bonds is 3. The van der Waals surface area contributed by atoms with Gasteiger partial charge in [0.1, 0.15) is 6.61 Å². The van der Waals surface area contributed by atoms with Crippen molar-refractivity contribution in [3.63, 3.8) is 0 Å². The lowest BCUT2D eigenvalue weighted by atomic mass is 9.88. The molecule has 22 heavy (non-hydrogen) atoms. The lowest BCUT2D eigenvalue weighted by Gasteiger charge is -2.28. The van der Waals surface area contributed by atoms with Crippen LogP contribution in [0.1, 0.15) is 25.8 Å². The average Bonchev–Trinajstić information content (AvgIpc) is 3.03. The van der Waals surface area contributed by atoms with Crippen LogP contribution in [0.5, 0.6) is 0 Å². The molecule has 2 amide bonds. The molecule has 0 aliphatic carbocycles. The highest BCUT2D eigenvalue weighted by Crippen LogP contribution is 2.34. The molecular weight excluding hydrogens is 280 g/mol. The van der Waals surface area contributed by atoms with Gasteiger partial charge in [0, 0.05) is 6.54 Å². The third kappa shape index (κ3) is 2.67. The van der Waals surface area contributed by atoms with Gasteiger partial charge in [-0.05, 0) is 17.9 Å². The fourth-order valence-corrected chi connectivity index (χ4v) is 3.56. The van der Waals surface area contributed by atoms with Crippen LogP contribution < -0.4 is 5.32 Å². The topological polar surface area (TPSA) is 58.6 Å². The number of ether oxygens (including phenoxy) is 1. The van der Waals surface area contributed by atoms with Crippen molar-refractivity contribution < 1.29 is 14.3 Å². The molecule has 2 heterocycles. The van der Waals surface area contributed by atoms with E-state index in [0.29, 0.717) is 6.54 Å². The molecule has 1 aromatic carbocycles. The Hall–Kier alpha value is -2.04. The van der Waals surface area contributed by atoms with Crippen molar-refractivity contribution in [2.24, 2.45) is 11.8 Å². The summed E-state index contributed by atoms with van der Waals surface area (Å²) in [6.45, 7) is 4.96. The SMILES string of the molecule is CC(C)C1C(=O)NC2CCN(C(=O)OCc3ccccc3)C21. The fraction of sp³-hybridized carbons (Fsp3) is 0.529. The van der Waals surface area contributed by atoms with Crippen molar-refractivity contribution in [1.82, 2.24) is 10.2 Å². The summed E-state index contributed by atoms with van der Waals surface area (Å²) in [5, 5.41) is 3.02. The Kier molecular flexibility index (Phi) is 4.05. The van der Waals surface area contributed by atoms with Gasteiger partial charge in [-0.3, -0.25) is 4.79 Å². The molecule has 2 saturated heterocycles. The van der Waals surface area contributed by atoms with E-state index in [-0.39, 0.29) is 42.5 Å². The van der Waals surface area contributed by atoms with Crippen LogP contribution in [0.4, 0.5) is 4.79 Å². The van der Waals surface area contributed by atoms with Crippen molar-refractivity contribution in [3.05, 3.63) is 35.9 Å². The lowest BCUT2D eigenvalue weighted by molar-refractivity contribution is -0.124. The van der Waals surface area contributed by atoms with Crippen LogP contribution in [0, 0.1) is 11.8 Å². The number of hydrogen-bond acceptors (Lipinski definition) is 3. The van der Waals surface area contributed by atoms with E-state index in [9.17, 15) is 9.59 Å². The zero-order valence-electron chi connectivity index (χ0n) is 13.0. The predicted molar refractivity (Wildman–Crippen MR) is 82.0 cm³/mol. The van der Waals surface area contributed by atoms with Gasteiger partial charge in [0.2, 0.25) is 5.91 Å². The summed E-state index contributed by atoms with van der Waals surface area (Å²) >= 11 is 0. The number of likely N-dealkylation sites (tertiary alicyclic amines) is 1. The summed E-state index contributed by atoms with van der Waals surface area (Å²) in [7, 11) is 0. The largest absolute Gasteiger partial charge is 0.445 e. The van der Waals surface area contributed by atoms with Crippen molar-refractivity contribution >= 4 is 12.0 Å². The van der Waals surface area contributed by atoms with Crippen LogP contribution in [-0.2, 0) is 16.1 Å². The van der Waals surface area contributed by atoms with Crippen LogP contribution >= 0.6 is 0 Å². The summed E-state index contributed by atoms with van der Waals surface area (Å²) in [6.07, 6.45) is 0.485. The second kappa shape index (κ2) is 5.99. The van der Waals surface area contributed by atoms with Gasteiger partial charge < -0.3 is 15.0 Å². The molecule has 5 heteroatoms. The molecule has 0 spiro atoms. The number of hydrogen-bond donors (Lipinski definition) is 1. The Morgan fingerprint density at radius 2 is 2.09 bits per heavy atom. The number of fused-ring (bicyclic) bond motifs is 1. The van der Waals surface area contributed by atoms with Gasteiger partial charge in [-0.25, -0.2) is 4.79 Å². The Labute approximate surface area is 130 Å². The molecule has 118 valence electrons. The first kappa shape index (κ1) is 14.9. The molecule has 0 saturated carbocycles. The molecule has 0 aromatic heterocycles. The third-order valence-corrected chi connectivity index (χ3v) is 4.61. The average molecular weight is 302 g/mol. The number of amides is 2. The maximum absolute atomic E-state index is 12.4. The Balaban J connectivity index is 1.66. The van der Waals surface area contributed by atoms with Crippen LogP contribution in [-0.4, -0.2) is 35.5 Å². The predicted octanol–water partition coefficient (Wildman–Crippen LogP) is 2.17. The summed E-state index contributed by atoms with van der Waals surface area (Å²) in [5.41, 5.74) is 0.965. The third-order valence-electron chi connectivity index (χ3n) is 4.61. The smallest absolute Gasteiger partial charge is 0.410 e. The molecule has 3 atom stereocenters. The van der Waals surface area contributed by atoms with Crippen LogP contribution in [0.2, 0.25) is 0 Å². The number of carbonyl (C=O) groups excluding carboxylic acids is 2. The van der Waals surface area contributed by atoms with Crippen molar-refractivity contribution in [2.75, 3.05) is 6.54 Å². The summed E-state index contributed by atoms with van der Waals surface area (Å²) in [6, 6.07) is 9.63. The van der Waals surface area contributed by atoms with E-state index in [1.54, 1.807) is 4.90 Å². The molecule has 3 unspecified atom stereocenters. The maximum atomic E-state index is 12.4. The van der Waals surface area contributed by atoms with E-state index >= 15 is 0 Å². The van der Waals surface area contributed by atoms with Crippen molar-refractivity contribution in [2.45, 2.75) is 39.0 Å². The Morgan fingerprint density at radius 1 is 1.36 bits per heavy atom. The minimum absolute atomic E-state index is 0.0607. The van der Waals surface area contributed by atoms with Gasteiger partial charge in [0.15, 0.2) is 0 Å². The Bertz CT molecular complexity index is 558. The summed E-state index contributed by atoms with van der Waals surface area (Å²) < 4.78 is 5.43. The van der Waals surface area contributed by atoms with E-state index in [1.165, 1.54) is 0 Å². The van der Waals surface area contributed by atoms with E-state index in [0.717, 1.165) is 12.0 Å². The van der Waals surface area contributed by atoms with Crippen LogP contribution in [0.25, 0.3) is 0 Å². The standard InChI is InChI=1S/C17H22N2O3/c1-11(2)14-15-13(18-16(14)20)8-9-19(15)17(21)22-10-12-6-4-3-5-7-12/h3-7,11,13-15H,8-10H2,1-2H3,(H,18,20). The molecule has 0 radical (unpaired) electrons. The van der Waals surface area contributed by atoms with Gasteiger partial charge in [-0.1, -0.05) is 44.2 Å².